The Balaban J connectivity index is 1.54. The predicted molar refractivity (Wildman–Crippen MR) is 123 cm³/mol. The molecule has 2 aromatic carbocycles. The van der Waals surface area contributed by atoms with Crippen molar-refractivity contribution in [1.82, 2.24) is 9.21 Å². The highest BCUT2D eigenvalue weighted by atomic mass is 35.5. The Labute approximate surface area is 197 Å². The molecule has 2 saturated heterocycles. The van der Waals surface area contributed by atoms with Gasteiger partial charge in [-0.25, -0.2) is 8.42 Å². The molecule has 2 atom stereocenters. The molecule has 0 N–H and O–H groups in total. The van der Waals surface area contributed by atoms with Crippen LogP contribution < -0.4 is 0 Å². The molecular weight excluding hydrogens is 479 g/mol. The van der Waals surface area contributed by atoms with Gasteiger partial charge in [-0.05, 0) is 61.6 Å². The number of sulfonamides is 1. The zero-order chi connectivity index (χ0) is 22.2. The Bertz CT molecular complexity index is 1070. The topological polar surface area (TPSA) is 57.7 Å². The number of likely N-dealkylation sites (tertiary alicyclic amines) is 1. The molecule has 0 aliphatic carbocycles. The summed E-state index contributed by atoms with van der Waals surface area (Å²) in [5.74, 6) is -0.404. The monoisotopic (exact) mass is 500 g/mol. The summed E-state index contributed by atoms with van der Waals surface area (Å²) in [5, 5.41) is 1.27. The first-order valence-electron chi connectivity index (χ1n) is 10.3. The molecule has 4 rings (SSSR count). The van der Waals surface area contributed by atoms with Gasteiger partial charge >= 0.3 is 0 Å². The number of nitrogens with zero attached hydrogens (tertiary/aromatic N) is 2. The van der Waals surface area contributed by atoms with E-state index in [2.05, 4.69) is 0 Å². The van der Waals surface area contributed by atoms with Crippen molar-refractivity contribution in [2.45, 2.75) is 36.6 Å². The van der Waals surface area contributed by atoms with E-state index in [-0.39, 0.29) is 34.3 Å². The number of carbonyl (C=O) groups excluding carboxylic acids is 1. The zero-order valence-electron chi connectivity index (χ0n) is 16.8. The van der Waals surface area contributed by atoms with Crippen LogP contribution in [0.4, 0.5) is 0 Å². The fraction of sp³-hybridized carbons (Fsp3) is 0.409. The minimum Gasteiger partial charge on any atom is -0.335 e. The average Bonchev–Trinajstić information content (AvgIpc) is 3.23. The number of hydrogen-bond donors (Lipinski definition) is 0. The van der Waals surface area contributed by atoms with E-state index in [0.29, 0.717) is 36.0 Å². The molecule has 2 unspecified atom stereocenters. The van der Waals surface area contributed by atoms with Crippen LogP contribution in [0.15, 0.2) is 47.4 Å². The zero-order valence-corrected chi connectivity index (χ0v) is 19.9. The van der Waals surface area contributed by atoms with Gasteiger partial charge in [-0.3, -0.25) is 4.79 Å². The molecule has 2 aromatic rings. The Morgan fingerprint density at radius 3 is 2.32 bits per heavy atom. The summed E-state index contributed by atoms with van der Waals surface area (Å²) in [6, 6.07) is 11.7. The normalized spacial score (nSPS) is 22.6. The van der Waals surface area contributed by atoms with Crippen LogP contribution in [-0.2, 0) is 14.8 Å². The van der Waals surface area contributed by atoms with Crippen molar-refractivity contribution in [3.05, 3.63) is 63.1 Å². The quantitative estimate of drug-likeness (QED) is 0.563. The van der Waals surface area contributed by atoms with E-state index in [1.165, 1.54) is 10.4 Å². The Morgan fingerprint density at radius 2 is 1.61 bits per heavy atom. The lowest BCUT2D eigenvalue weighted by Crippen LogP contribution is -2.46. The molecular formula is C22H23Cl3N2O3S. The van der Waals surface area contributed by atoms with E-state index in [0.717, 1.165) is 18.4 Å². The number of halogens is 3. The van der Waals surface area contributed by atoms with Gasteiger partial charge in [-0.15, -0.1) is 0 Å². The molecule has 5 nitrogen and oxygen atoms in total. The number of hydrogen-bond acceptors (Lipinski definition) is 3. The smallest absolute Gasteiger partial charge is 0.244 e. The standard InChI is InChI=1S/C22H23Cl3N2O3S/c23-17-11-16(12-18(24)13-17)20-7-4-10-27(20)22(28)15-5-3-9-26(14-15)31(29,30)21-8-2-1-6-19(21)25/h1-2,6,8,11-13,15,20H,3-5,7,9-10,14H2. The summed E-state index contributed by atoms with van der Waals surface area (Å²) < 4.78 is 27.7. The molecule has 0 aromatic heterocycles. The van der Waals surface area contributed by atoms with Crippen LogP contribution in [0.2, 0.25) is 15.1 Å². The van der Waals surface area contributed by atoms with Crippen LogP contribution in [0.1, 0.15) is 37.3 Å². The van der Waals surface area contributed by atoms with Gasteiger partial charge in [0.15, 0.2) is 0 Å². The minimum absolute atomic E-state index is 0.0161. The van der Waals surface area contributed by atoms with E-state index in [4.69, 9.17) is 34.8 Å². The molecule has 0 saturated carbocycles. The van der Waals surface area contributed by atoms with Crippen molar-refractivity contribution < 1.29 is 13.2 Å². The molecule has 166 valence electrons. The SMILES string of the molecule is O=C(C1CCCN(S(=O)(=O)c2ccccc2Cl)C1)N1CCCC1c1cc(Cl)cc(Cl)c1. The summed E-state index contributed by atoms with van der Waals surface area (Å²) >= 11 is 18.5. The van der Waals surface area contributed by atoms with Crippen LogP contribution in [0, 0.1) is 5.92 Å². The fourth-order valence-corrected chi connectivity index (χ4v) is 7.09. The summed E-state index contributed by atoms with van der Waals surface area (Å²) in [5.41, 5.74) is 0.916. The van der Waals surface area contributed by atoms with Crippen LogP contribution in [0.5, 0.6) is 0 Å². The molecule has 2 fully saturated rings. The number of benzene rings is 2. The highest BCUT2D eigenvalue weighted by molar-refractivity contribution is 7.89. The van der Waals surface area contributed by atoms with E-state index in [1.54, 1.807) is 24.3 Å². The largest absolute Gasteiger partial charge is 0.335 e. The third kappa shape index (κ3) is 4.74. The number of amides is 1. The van der Waals surface area contributed by atoms with E-state index in [9.17, 15) is 13.2 Å². The van der Waals surface area contributed by atoms with Crippen molar-refractivity contribution in [2.75, 3.05) is 19.6 Å². The molecule has 2 heterocycles. The maximum atomic E-state index is 13.4. The summed E-state index contributed by atoms with van der Waals surface area (Å²) in [4.78, 5) is 15.4. The average molecular weight is 502 g/mol. The van der Waals surface area contributed by atoms with E-state index < -0.39 is 10.0 Å². The summed E-state index contributed by atoms with van der Waals surface area (Å²) in [7, 11) is -3.76. The predicted octanol–water partition coefficient (Wildman–Crippen LogP) is 5.41. The third-order valence-electron chi connectivity index (χ3n) is 5.99. The molecule has 1 amide bonds. The van der Waals surface area contributed by atoms with Gasteiger partial charge in [0.2, 0.25) is 15.9 Å². The highest BCUT2D eigenvalue weighted by Gasteiger charge is 2.39. The maximum absolute atomic E-state index is 13.4. The van der Waals surface area contributed by atoms with Crippen molar-refractivity contribution >= 4 is 50.7 Å². The van der Waals surface area contributed by atoms with Crippen LogP contribution in [-0.4, -0.2) is 43.2 Å². The van der Waals surface area contributed by atoms with Crippen molar-refractivity contribution in [3.63, 3.8) is 0 Å². The first-order valence-corrected chi connectivity index (χ1v) is 12.9. The van der Waals surface area contributed by atoms with Crippen LogP contribution in [0.25, 0.3) is 0 Å². The van der Waals surface area contributed by atoms with Gasteiger partial charge < -0.3 is 4.90 Å². The number of piperidine rings is 1. The van der Waals surface area contributed by atoms with Gasteiger partial charge in [-0.1, -0.05) is 46.9 Å². The second-order valence-corrected chi connectivity index (χ2v) is 11.2. The van der Waals surface area contributed by atoms with Gasteiger partial charge in [0.25, 0.3) is 0 Å². The molecule has 0 radical (unpaired) electrons. The first-order chi connectivity index (χ1) is 14.8. The highest BCUT2D eigenvalue weighted by Crippen LogP contribution is 2.37. The van der Waals surface area contributed by atoms with Crippen LogP contribution >= 0.6 is 34.8 Å². The second-order valence-electron chi connectivity index (χ2n) is 8.03. The Kier molecular flexibility index (Phi) is 6.85. The van der Waals surface area contributed by atoms with Crippen molar-refractivity contribution in [1.29, 1.82) is 0 Å². The molecule has 2 aliphatic heterocycles. The third-order valence-corrected chi connectivity index (χ3v) is 8.79. The van der Waals surface area contributed by atoms with Gasteiger partial charge in [-0.2, -0.15) is 4.31 Å². The lowest BCUT2D eigenvalue weighted by molar-refractivity contribution is -0.137. The number of rotatable bonds is 4. The molecule has 9 heteroatoms. The lowest BCUT2D eigenvalue weighted by Gasteiger charge is -2.35. The second kappa shape index (κ2) is 9.28. The maximum Gasteiger partial charge on any atom is 0.244 e. The van der Waals surface area contributed by atoms with Gasteiger partial charge in [0.1, 0.15) is 4.90 Å². The molecule has 31 heavy (non-hydrogen) atoms. The Morgan fingerprint density at radius 1 is 0.935 bits per heavy atom. The number of carbonyl (C=O) groups is 1. The summed E-state index contributed by atoms with van der Waals surface area (Å²) in [6.07, 6.45) is 3.00. The Hall–Kier alpha value is -1.31. The molecule has 0 spiro atoms. The fourth-order valence-electron chi connectivity index (χ4n) is 4.53. The van der Waals surface area contributed by atoms with Gasteiger partial charge in [0, 0.05) is 29.7 Å². The molecule has 0 bridgehead atoms. The first kappa shape index (κ1) is 22.9. The van der Waals surface area contributed by atoms with Crippen LogP contribution in [0.3, 0.4) is 0 Å². The van der Waals surface area contributed by atoms with Crippen molar-refractivity contribution in [3.8, 4) is 0 Å². The minimum atomic E-state index is -3.76. The van der Waals surface area contributed by atoms with E-state index >= 15 is 0 Å². The van der Waals surface area contributed by atoms with E-state index in [1.807, 2.05) is 17.0 Å². The van der Waals surface area contributed by atoms with Crippen molar-refractivity contribution in [2.24, 2.45) is 5.92 Å². The van der Waals surface area contributed by atoms with Gasteiger partial charge in [0.05, 0.1) is 17.0 Å². The lowest BCUT2D eigenvalue weighted by atomic mass is 9.96. The molecule has 2 aliphatic rings. The summed E-state index contributed by atoms with van der Waals surface area (Å²) in [6.45, 7) is 1.18.